The quantitative estimate of drug-likeness (QED) is 0.635. The topological polar surface area (TPSA) is 89.2 Å². The van der Waals surface area contributed by atoms with Crippen molar-refractivity contribution in [1.82, 2.24) is 19.5 Å². The lowest BCUT2D eigenvalue weighted by atomic mass is 10.2. The zero-order valence-electron chi connectivity index (χ0n) is 14.9. The van der Waals surface area contributed by atoms with E-state index in [0.29, 0.717) is 24.6 Å². The fraction of sp³-hybridized carbons (Fsp3) is 0.278. The van der Waals surface area contributed by atoms with Crippen molar-refractivity contribution in [2.45, 2.75) is 30.0 Å². The molecule has 2 aromatic heterocycles. The van der Waals surface area contributed by atoms with Gasteiger partial charge in [-0.3, -0.25) is 4.98 Å². The van der Waals surface area contributed by atoms with Crippen LogP contribution in [0.4, 0.5) is 13.2 Å². The molecule has 1 atom stereocenters. The normalized spacial score (nSPS) is 18.2. The molecule has 11 heteroatoms. The van der Waals surface area contributed by atoms with E-state index in [9.17, 15) is 21.6 Å². The number of hydrogen-bond acceptors (Lipinski definition) is 6. The van der Waals surface area contributed by atoms with Gasteiger partial charge in [-0.2, -0.15) is 17.5 Å². The van der Waals surface area contributed by atoms with Gasteiger partial charge < -0.3 is 4.42 Å². The molecule has 29 heavy (non-hydrogen) atoms. The molecule has 1 fully saturated rings. The second-order valence-corrected chi connectivity index (χ2v) is 8.35. The number of alkyl halides is 3. The highest BCUT2D eigenvalue weighted by atomic mass is 32.2. The molecule has 0 aliphatic carbocycles. The van der Waals surface area contributed by atoms with Crippen LogP contribution in [0.5, 0.6) is 0 Å². The predicted octanol–water partition coefficient (Wildman–Crippen LogP) is 3.68. The third kappa shape index (κ3) is 3.75. The number of nitrogens with zero attached hydrogens (tertiary/aromatic N) is 4. The van der Waals surface area contributed by atoms with Crippen LogP contribution in [0, 0.1) is 0 Å². The molecule has 0 saturated carbocycles. The van der Waals surface area contributed by atoms with Crippen LogP contribution in [0.25, 0.3) is 11.6 Å². The Morgan fingerprint density at radius 1 is 1.10 bits per heavy atom. The molecule has 1 aliphatic rings. The largest absolute Gasteiger partial charge is 0.417 e. The minimum Gasteiger partial charge on any atom is -0.417 e. The van der Waals surface area contributed by atoms with E-state index in [1.807, 2.05) is 0 Å². The highest BCUT2D eigenvalue weighted by Gasteiger charge is 2.40. The maximum atomic E-state index is 13.0. The first kappa shape index (κ1) is 19.5. The molecule has 1 aliphatic heterocycles. The van der Waals surface area contributed by atoms with Crippen LogP contribution in [0.3, 0.4) is 0 Å². The van der Waals surface area contributed by atoms with Gasteiger partial charge in [0.15, 0.2) is 0 Å². The van der Waals surface area contributed by atoms with Crippen molar-refractivity contribution in [2.24, 2.45) is 0 Å². The predicted molar refractivity (Wildman–Crippen MR) is 94.8 cm³/mol. The molecule has 0 radical (unpaired) electrons. The van der Waals surface area contributed by atoms with Gasteiger partial charge in [0.1, 0.15) is 11.7 Å². The summed E-state index contributed by atoms with van der Waals surface area (Å²) >= 11 is 0. The van der Waals surface area contributed by atoms with Gasteiger partial charge >= 0.3 is 6.18 Å². The van der Waals surface area contributed by atoms with Crippen molar-refractivity contribution in [3.8, 4) is 11.6 Å². The third-order valence-electron chi connectivity index (χ3n) is 4.58. The summed E-state index contributed by atoms with van der Waals surface area (Å²) in [6.45, 7) is 0.143. The molecule has 152 valence electrons. The number of hydrogen-bond donors (Lipinski definition) is 0. The first-order chi connectivity index (χ1) is 13.8. The lowest BCUT2D eigenvalue weighted by Gasteiger charge is -2.22. The van der Waals surface area contributed by atoms with Crippen LogP contribution in [0.2, 0.25) is 0 Å². The number of halogens is 3. The molecule has 0 N–H and O–H groups in total. The fourth-order valence-corrected chi connectivity index (χ4v) is 4.90. The Kier molecular flexibility index (Phi) is 4.87. The van der Waals surface area contributed by atoms with Crippen LogP contribution < -0.4 is 0 Å². The molecule has 1 saturated heterocycles. The summed E-state index contributed by atoms with van der Waals surface area (Å²) in [7, 11) is -4.18. The Balaban J connectivity index is 1.66. The van der Waals surface area contributed by atoms with E-state index in [4.69, 9.17) is 4.42 Å². The van der Waals surface area contributed by atoms with E-state index in [1.54, 1.807) is 24.4 Å². The third-order valence-corrected chi connectivity index (χ3v) is 6.49. The first-order valence-corrected chi connectivity index (χ1v) is 10.1. The fourth-order valence-electron chi connectivity index (χ4n) is 3.20. The van der Waals surface area contributed by atoms with Gasteiger partial charge in [-0.05, 0) is 43.2 Å². The molecule has 1 unspecified atom stereocenters. The van der Waals surface area contributed by atoms with E-state index in [2.05, 4.69) is 15.2 Å². The summed E-state index contributed by atoms with van der Waals surface area (Å²) < 4.78 is 71.8. The van der Waals surface area contributed by atoms with Gasteiger partial charge in [0.25, 0.3) is 5.89 Å². The Morgan fingerprint density at radius 3 is 2.66 bits per heavy atom. The number of benzene rings is 1. The Bertz CT molecular complexity index is 1120. The number of aromatic nitrogens is 3. The molecule has 1 aromatic carbocycles. The summed E-state index contributed by atoms with van der Waals surface area (Å²) in [5.74, 6) is 0.225. The van der Waals surface area contributed by atoms with E-state index < -0.39 is 32.7 Å². The van der Waals surface area contributed by atoms with Crippen molar-refractivity contribution < 1.29 is 26.0 Å². The van der Waals surface area contributed by atoms with E-state index >= 15 is 0 Å². The van der Waals surface area contributed by atoms with E-state index in [0.717, 1.165) is 22.5 Å². The maximum Gasteiger partial charge on any atom is 0.416 e. The van der Waals surface area contributed by atoms with Crippen LogP contribution in [0.15, 0.2) is 58.0 Å². The number of pyridine rings is 1. The summed E-state index contributed by atoms with van der Waals surface area (Å²) in [5, 5.41) is 7.86. The molecule has 0 bridgehead atoms. The molecule has 0 amide bonds. The smallest absolute Gasteiger partial charge is 0.416 e. The Hall–Kier alpha value is -2.79. The standard InChI is InChI=1S/C18H15F3N4O3S/c19-18(20,21)12-5-3-6-13(11-12)29(26,27)25-10-4-8-15(25)17-24-23-16(28-17)14-7-1-2-9-22-14/h1-3,5-7,9,11,15H,4,8,10H2. The average Bonchev–Trinajstić information content (AvgIpc) is 3.38. The minimum absolute atomic E-state index is 0.0821. The zero-order chi connectivity index (χ0) is 20.6. The van der Waals surface area contributed by atoms with Gasteiger partial charge in [0.05, 0.1) is 10.5 Å². The molecule has 7 nitrogen and oxygen atoms in total. The molecule has 3 aromatic rings. The van der Waals surface area contributed by atoms with Crippen molar-refractivity contribution in [1.29, 1.82) is 0 Å². The van der Waals surface area contributed by atoms with Gasteiger partial charge in [0.2, 0.25) is 15.9 Å². The van der Waals surface area contributed by atoms with Crippen LogP contribution in [0.1, 0.15) is 30.3 Å². The van der Waals surface area contributed by atoms with E-state index in [1.165, 1.54) is 0 Å². The van der Waals surface area contributed by atoms with Gasteiger partial charge in [-0.25, -0.2) is 8.42 Å². The monoisotopic (exact) mass is 424 g/mol. The summed E-state index contributed by atoms with van der Waals surface area (Å²) in [6, 6.07) is 8.07. The maximum absolute atomic E-state index is 13.0. The lowest BCUT2D eigenvalue weighted by molar-refractivity contribution is -0.137. The molecular formula is C18H15F3N4O3S. The minimum atomic E-state index is -4.64. The highest BCUT2D eigenvalue weighted by Crippen LogP contribution is 2.38. The second-order valence-electron chi connectivity index (χ2n) is 6.46. The molecule has 0 spiro atoms. The van der Waals surface area contributed by atoms with Crippen LogP contribution in [-0.2, 0) is 16.2 Å². The van der Waals surface area contributed by atoms with Crippen molar-refractivity contribution in [3.63, 3.8) is 0 Å². The lowest BCUT2D eigenvalue weighted by Crippen LogP contribution is -2.31. The van der Waals surface area contributed by atoms with Crippen LogP contribution >= 0.6 is 0 Å². The SMILES string of the molecule is O=S(=O)(c1cccc(C(F)(F)F)c1)N1CCCC1c1nnc(-c2ccccn2)o1. The van der Waals surface area contributed by atoms with Crippen molar-refractivity contribution in [2.75, 3.05) is 6.54 Å². The molecule has 4 rings (SSSR count). The summed E-state index contributed by atoms with van der Waals surface area (Å²) in [5.41, 5.74) is -0.582. The van der Waals surface area contributed by atoms with Gasteiger partial charge in [-0.1, -0.05) is 12.1 Å². The Labute approximate surface area is 164 Å². The summed E-state index contributed by atoms with van der Waals surface area (Å²) in [4.78, 5) is 3.68. The number of rotatable bonds is 4. The molecular weight excluding hydrogens is 409 g/mol. The van der Waals surface area contributed by atoms with Crippen LogP contribution in [-0.4, -0.2) is 34.4 Å². The number of sulfonamides is 1. The Morgan fingerprint density at radius 2 is 1.93 bits per heavy atom. The van der Waals surface area contributed by atoms with Crippen molar-refractivity contribution >= 4 is 10.0 Å². The highest BCUT2D eigenvalue weighted by molar-refractivity contribution is 7.89. The van der Waals surface area contributed by atoms with Gasteiger partial charge in [-0.15, -0.1) is 10.2 Å². The second kappa shape index (κ2) is 7.23. The van der Waals surface area contributed by atoms with E-state index in [-0.39, 0.29) is 18.3 Å². The average molecular weight is 424 g/mol. The van der Waals surface area contributed by atoms with Gasteiger partial charge in [0, 0.05) is 12.7 Å². The molecule has 3 heterocycles. The van der Waals surface area contributed by atoms with Crippen molar-refractivity contribution in [3.05, 3.63) is 60.1 Å². The first-order valence-electron chi connectivity index (χ1n) is 8.71. The zero-order valence-corrected chi connectivity index (χ0v) is 15.7. The summed E-state index contributed by atoms with van der Waals surface area (Å²) in [6.07, 6.45) is -2.15.